The van der Waals surface area contributed by atoms with Crippen molar-refractivity contribution in [2.75, 3.05) is 11.9 Å². The molecule has 6 N–H and O–H groups in total. The lowest BCUT2D eigenvalue weighted by Gasteiger charge is -2.19. The van der Waals surface area contributed by atoms with Crippen LogP contribution >= 0.6 is 0 Å². The highest BCUT2D eigenvalue weighted by atomic mass is 16.5. The molecule has 9 heteroatoms. The molecule has 0 saturated carbocycles. The Kier molecular flexibility index (Phi) is 10.5. The Morgan fingerprint density at radius 2 is 1.39 bits per heavy atom. The predicted octanol–water partition coefficient (Wildman–Crippen LogP) is 2.75. The van der Waals surface area contributed by atoms with E-state index in [-0.39, 0.29) is 18.5 Å². The summed E-state index contributed by atoms with van der Waals surface area (Å²) < 4.78 is 0. The van der Waals surface area contributed by atoms with Gasteiger partial charge in [0.2, 0.25) is 5.91 Å². The van der Waals surface area contributed by atoms with Gasteiger partial charge >= 0.3 is 0 Å². The van der Waals surface area contributed by atoms with Crippen molar-refractivity contribution in [1.29, 1.82) is 0 Å². The van der Waals surface area contributed by atoms with Crippen molar-refractivity contribution in [2.24, 2.45) is 0 Å². The van der Waals surface area contributed by atoms with E-state index in [4.69, 9.17) is 5.21 Å². The number of amides is 3. The summed E-state index contributed by atoms with van der Waals surface area (Å²) >= 11 is 0. The number of hydroxylamine groups is 1. The Hall–Kier alpha value is -4.05. The van der Waals surface area contributed by atoms with Crippen LogP contribution in [-0.2, 0) is 22.4 Å². The van der Waals surface area contributed by atoms with Gasteiger partial charge in [-0.15, -0.1) is 0 Å². The Balaban J connectivity index is 1.45. The van der Waals surface area contributed by atoms with Crippen LogP contribution in [0.5, 0.6) is 0 Å². The molecule has 9 nitrogen and oxygen atoms in total. The van der Waals surface area contributed by atoms with E-state index in [1.807, 2.05) is 73.7 Å². The standard InChI is InChI=1S/C29H34N4O5/c1-19(23-6-4-3-5-7-23)30-18-26(35)31-25-16-12-22(13-17-25)9-8-21-10-14-24(15-11-21)28(36)32-27(20(2)34)29(37)33-38/h3-7,10-17,19-20,27,30,34,38H,8-9,18H2,1-2H3,(H,31,35)(H,32,36)(H,33,37)/t19-,20+,27-/m0/s1. The van der Waals surface area contributed by atoms with Crippen LogP contribution in [0.2, 0.25) is 0 Å². The van der Waals surface area contributed by atoms with Crippen LogP contribution in [0.4, 0.5) is 5.69 Å². The van der Waals surface area contributed by atoms with Crippen molar-refractivity contribution in [1.82, 2.24) is 16.1 Å². The Morgan fingerprint density at radius 1 is 0.816 bits per heavy atom. The van der Waals surface area contributed by atoms with Crippen LogP contribution in [0.1, 0.15) is 46.9 Å². The molecule has 0 spiro atoms. The second-order valence-electron chi connectivity index (χ2n) is 9.12. The zero-order chi connectivity index (χ0) is 27.5. The molecular formula is C29H34N4O5. The molecule has 38 heavy (non-hydrogen) atoms. The van der Waals surface area contributed by atoms with Crippen LogP contribution in [0.3, 0.4) is 0 Å². The first kappa shape index (κ1) is 28.5. The first-order chi connectivity index (χ1) is 18.3. The van der Waals surface area contributed by atoms with Crippen molar-refractivity contribution in [3.63, 3.8) is 0 Å². The fourth-order valence-corrected chi connectivity index (χ4v) is 3.88. The lowest BCUT2D eigenvalue weighted by Crippen LogP contribution is -2.51. The van der Waals surface area contributed by atoms with Crippen molar-refractivity contribution >= 4 is 23.4 Å². The second kappa shape index (κ2) is 14.0. The number of nitrogens with one attached hydrogen (secondary N) is 4. The van der Waals surface area contributed by atoms with Gasteiger partial charge in [-0.25, -0.2) is 5.48 Å². The molecule has 3 amide bonds. The fourth-order valence-electron chi connectivity index (χ4n) is 3.88. The minimum Gasteiger partial charge on any atom is -0.391 e. The van der Waals surface area contributed by atoms with Crippen LogP contribution in [0.15, 0.2) is 78.9 Å². The largest absolute Gasteiger partial charge is 0.391 e. The van der Waals surface area contributed by atoms with E-state index in [1.54, 1.807) is 12.1 Å². The molecule has 0 fully saturated rings. The van der Waals surface area contributed by atoms with Crippen molar-refractivity contribution in [2.45, 2.75) is 44.9 Å². The number of hydrogen-bond donors (Lipinski definition) is 6. The van der Waals surface area contributed by atoms with Crippen molar-refractivity contribution in [3.8, 4) is 0 Å². The molecule has 3 rings (SSSR count). The summed E-state index contributed by atoms with van der Waals surface area (Å²) in [7, 11) is 0. The van der Waals surface area contributed by atoms with Gasteiger partial charge in [0.1, 0.15) is 6.04 Å². The first-order valence-electron chi connectivity index (χ1n) is 12.5. The fraction of sp³-hybridized carbons (Fsp3) is 0.276. The minimum absolute atomic E-state index is 0.0710. The third-order valence-corrected chi connectivity index (χ3v) is 6.19. The zero-order valence-corrected chi connectivity index (χ0v) is 21.5. The maximum absolute atomic E-state index is 12.4. The molecule has 0 aliphatic heterocycles. The average molecular weight is 519 g/mol. The van der Waals surface area contributed by atoms with Gasteiger partial charge in [-0.05, 0) is 67.6 Å². The number of aliphatic hydroxyl groups is 1. The van der Waals surface area contributed by atoms with E-state index >= 15 is 0 Å². The van der Waals surface area contributed by atoms with E-state index in [1.165, 1.54) is 12.4 Å². The third-order valence-electron chi connectivity index (χ3n) is 6.19. The van der Waals surface area contributed by atoms with Crippen LogP contribution in [-0.4, -0.2) is 46.7 Å². The topological polar surface area (TPSA) is 140 Å². The van der Waals surface area contributed by atoms with Gasteiger partial charge < -0.3 is 21.1 Å². The molecule has 3 aromatic rings. The van der Waals surface area contributed by atoms with Gasteiger partial charge in [0.05, 0.1) is 12.6 Å². The lowest BCUT2D eigenvalue weighted by molar-refractivity contribution is -0.133. The van der Waals surface area contributed by atoms with Crippen LogP contribution < -0.4 is 21.4 Å². The van der Waals surface area contributed by atoms with Gasteiger partial charge in [-0.3, -0.25) is 19.6 Å². The zero-order valence-electron chi connectivity index (χ0n) is 21.5. The molecule has 0 heterocycles. The number of rotatable bonds is 12. The smallest absolute Gasteiger partial charge is 0.268 e. The third kappa shape index (κ3) is 8.52. The van der Waals surface area contributed by atoms with Gasteiger partial charge in [-0.2, -0.15) is 0 Å². The Labute approximate surface area is 222 Å². The molecule has 0 radical (unpaired) electrons. The number of aliphatic hydroxyl groups excluding tert-OH is 1. The molecule has 0 unspecified atom stereocenters. The predicted molar refractivity (Wildman–Crippen MR) is 145 cm³/mol. The number of benzene rings is 3. The molecular weight excluding hydrogens is 484 g/mol. The number of anilines is 1. The quantitative estimate of drug-likeness (QED) is 0.161. The summed E-state index contributed by atoms with van der Waals surface area (Å²) in [5, 5.41) is 27.0. The van der Waals surface area contributed by atoms with Crippen LogP contribution in [0, 0.1) is 0 Å². The highest BCUT2D eigenvalue weighted by Crippen LogP contribution is 2.14. The summed E-state index contributed by atoms with van der Waals surface area (Å²) in [6.07, 6.45) is 0.347. The minimum atomic E-state index is -1.27. The number of hydrogen-bond acceptors (Lipinski definition) is 6. The number of carbonyl (C=O) groups is 3. The second-order valence-corrected chi connectivity index (χ2v) is 9.12. The number of aryl methyl sites for hydroxylation is 2. The van der Waals surface area contributed by atoms with Crippen molar-refractivity contribution < 1.29 is 24.7 Å². The maximum Gasteiger partial charge on any atom is 0.268 e. The van der Waals surface area contributed by atoms with E-state index < -0.39 is 24.0 Å². The summed E-state index contributed by atoms with van der Waals surface area (Å²) in [5.74, 6) is -1.54. The summed E-state index contributed by atoms with van der Waals surface area (Å²) in [4.78, 5) is 36.3. The molecule has 0 saturated heterocycles. The maximum atomic E-state index is 12.4. The molecule has 0 aliphatic carbocycles. The van der Waals surface area contributed by atoms with E-state index in [0.29, 0.717) is 5.56 Å². The molecule has 0 aromatic heterocycles. The van der Waals surface area contributed by atoms with Gasteiger partial charge in [0.25, 0.3) is 11.8 Å². The molecule has 200 valence electrons. The molecule has 0 bridgehead atoms. The Bertz CT molecular complexity index is 1200. The molecule has 0 aliphatic rings. The summed E-state index contributed by atoms with van der Waals surface area (Å²) in [6, 6.07) is 23.4. The average Bonchev–Trinajstić information content (AvgIpc) is 2.94. The number of carbonyl (C=O) groups excluding carboxylic acids is 3. The summed E-state index contributed by atoms with van der Waals surface area (Å²) in [5.41, 5.74) is 5.75. The molecule has 3 aromatic carbocycles. The van der Waals surface area contributed by atoms with E-state index in [9.17, 15) is 19.5 Å². The summed E-state index contributed by atoms with van der Waals surface area (Å²) in [6.45, 7) is 3.57. The normalized spacial score (nSPS) is 13.2. The van der Waals surface area contributed by atoms with Crippen molar-refractivity contribution in [3.05, 3.63) is 101 Å². The molecule has 3 atom stereocenters. The van der Waals surface area contributed by atoms with Gasteiger partial charge in [0, 0.05) is 17.3 Å². The van der Waals surface area contributed by atoms with E-state index in [0.717, 1.165) is 35.2 Å². The first-order valence-corrected chi connectivity index (χ1v) is 12.5. The Morgan fingerprint density at radius 3 is 1.95 bits per heavy atom. The van der Waals surface area contributed by atoms with Gasteiger partial charge in [0.15, 0.2) is 0 Å². The monoisotopic (exact) mass is 518 g/mol. The highest BCUT2D eigenvalue weighted by Gasteiger charge is 2.25. The SMILES string of the molecule is C[C@H](NCC(=O)Nc1ccc(CCc2ccc(C(=O)N[C@H](C(=O)NO)[C@@H](C)O)cc2)cc1)c1ccccc1. The van der Waals surface area contributed by atoms with E-state index in [2.05, 4.69) is 16.0 Å². The lowest BCUT2D eigenvalue weighted by atomic mass is 10.0. The van der Waals surface area contributed by atoms with Gasteiger partial charge in [-0.1, -0.05) is 54.6 Å². The highest BCUT2D eigenvalue weighted by molar-refractivity contribution is 5.97. The van der Waals surface area contributed by atoms with Crippen LogP contribution in [0.25, 0.3) is 0 Å².